The lowest BCUT2D eigenvalue weighted by atomic mass is 9.87. The zero-order valence-corrected chi connectivity index (χ0v) is 18.0. The van der Waals surface area contributed by atoms with Gasteiger partial charge in [0.05, 0.1) is 18.8 Å². The number of rotatable bonds is 8. The van der Waals surface area contributed by atoms with Gasteiger partial charge in [0.2, 0.25) is 11.8 Å². The molecule has 4 rings (SSSR count). The Morgan fingerprint density at radius 1 is 1.13 bits per heavy atom. The van der Waals surface area contributed by atoms with E-state index in [1.54, 1.807) is 0 Å². The quantitative estimate of drug-likeness (QED) is 0.672. The minimum absolute atomic E-state index is 0.0284. The summed E-state index contributed by atoms with van der Waals surface area (Å²) in [4.78, 5) is 9.32. The molecule has 31 heavy (non-hydrogen) atoms. The predicted molar refractivity (Wildman–Crippen MR) is 118 cm³/mol. The lowest BCUT2D eigenvalue weighted by Crippen LogP contribution is -2.26. The molecule has 164 valence electrons. The highest BCUT2D eigenvalue weighted by atomic mass is 16.5. The Bertz CT molecular complexity index is 883. The Morgan fingerprint density at radius 2 is 1.94 bits per heavy atom. The number of nitrogens with zero attached hydrogens (tertiary/aromatic N) is 3. The third-order valence-electron chi connectivity index (χ3n) is 6.05. The van der Waals surface area contributed by atoms with Gasteiger partial charge in [0.25, 0.3) is 0 Å². The van der Waals surface area contributed by atoms with Crippen molar-refractivity contribution in [1.29, 1.82) is 5.26 Å². The van der Waals surface area contributed by atoms with Crippen molar-refractivity contribution in [2.75, 3.05) is 31.7 Å². The summed E-state index contributed by atoms with van der Waals surface area (Å²) in [6, 6.07) is 9.95. The van der Waals surface area contributed by atoms with Gasteiger partial charge in [-0.1, -0.05) is 19.1 Å². The number of ether oxygens (including phenoxy) is 3. The SMILES string of the molecule is CC1CCC(Nc2ncc(-c3ccc(OCC#N)cc3)c(OCC3CCOC3)n2)CC1. The van der Waals surface area contributed by atoms with Crippen LogP contribution in [-0.2, 0) is 4.74 Å². The molecule has 1 aromatic carbocycles. The number of nitriles is 1. The van der Waals surface area contributed by atoms with Crippen molar-refractivity contribution in [2.45, 2.75) is 45.1 Å². The van der Waals surface area contributed by atoms with Gasteiger partial charge in [-0.15, -0.1) is 0 Å². The monoisotopic (exact) mass is 422 g/mol. The van der Waals surface area contributed by atoms with E-state index in [0.717, 1.165) is 49.5 Å². The lowest BCUT2D eigenvalue weighted by molar-refractivity contribution is 0.165. The van der Waals surface area contributed by atoms with E-state index in [-0.39, 0.29) is 6.61 Å². The molecule has 1 aromatic heterocycles. The van der Waals surface area contributed by atoms with Gasteiger partial charge in [0.1, 0.15) is 11.8 Å². The van der Waals surface area contributed by atoms with Crippen LogP contribution < -0.4 is 14.8 Å². The molecule has 1 saturated heterocycles. The Hall–Kier alpha value is -2.85. The molecule has 1 aliphatic heterocycles. The maximum absolute atomic E-state index is 8.68. The van der Waals surface area contributed by atoms with Crippen molar-refractivity contribution >= 4 is 5.95 Å². The van der Waals surface area contributed by atoms with E-state index in [2.05, 4.69) is 17.2 Å². The summed E-state index contributed by atoms with van der Waals surface area (Å²) in [7, 11) is 0. The molecule has 2 fully saturated rings. The third-order valence-corrected chi connectivity index (χ3v) is 6.05. The van der Waals surface area contributed by atoms with E-state index in [4.69, 9.17) is 24.5 Å². The van der Waals surface area contributed by atoms with Crippen LogP contribution in [0.25, 0.3) is 11.1 Å². The largest absolute Gasteiger partial charge is 0.479 e. The van der Waals surface area contributed by atoms with Crippen molar-refractivity contribution in [2.24, 2.45) is 11.8 Å². The van der Waals surface area contributed by atoms with E-state index in [1.807, 2.05) is 36.5 Å². The van der Waals surface area contributed by atoms with Crippen LogP contribution in [-0.4, -0.2) is 42.4 Å². The minimum atomic E-state index is 0.0284. The summed E-state index contributed by atoms with van der Waals surface area (Å²) >= 11 is 0. The van der Waals surface area contributed by atoms with E-state index in [1.165, 1.54) is 12.8 Å². The molecule has 0 amide bonds. The molecule has 1 unspecified atom stereocenters. The second-order valence-electron chi connectivity index (χ2n) is 8.53. The minimum Gasteiger partial charge on any atom is -0.479 e. The Kier molecular flexibility index (Phi) is 7.21. The molecule has 2 aliphatic rings. The van der Waals surface area contributed by atoms with Crippen LogP contribution in [0.3, 0.4) is 0 Å². The van der Waals surface area contributed by atoms with Gasteiger partial charge >= 0.3 is 0 Å². The summed E-state index contributed by atoms with van der Waals surface area (Å²) in [6.07, 6.45) is 7.60. The first-order valence-electron chi connectivity index (χ1n) is 11.2. The van der Waals surface area contributed by atoms with Crippen LogP contribution in [0.2, 0.25) is 0 Å². The van der Waals surface area contributed by atoms with Gasteiger partial charge in [-0.05, 0) is 55.7 Å². The number of benzene rings is 1. The van der Waals surface area contributed by atoms with Gasteiger partial charge in [-0.3, -0.25) is 0 Å². The molecular weight excluding hydrogens is 392 g/mol. The first-order chi connectivity index (χ1) is 15.2. The molecule has 1 aliphatic carbocycles. The van der Waals surface area contributed by atoms with Gasteiger partial charge < -0.3 is 19.5 Å². The van der Waals surface area contributed by atoms with E-state index in [0.29, 0.717) is 36.1 Å². The molecule has 2 heterocycles. The molecule has 1 N–H and O–H groups in total. The van der Waals surface area contributed by atoms with Gasteiger partial charge in [-0.2, -0.15) is 10.2 Å². The second-order valence-corrected chi connectivity index (χ2v) is 8.53. The van der Waals surface area contributed by atoms with Crippen LogP contribution in [0.5, 0.6) is 11.6 Å². The van der Waals surface area contributed by atoms with Crippen LogP contribution in [0.1, 0.15) is 39.0 Å². The maximum Gasteiger partial charge on any atom is 0.226 e. The van der Waals surface area contributed by atoms with Gasteiger partial charge in [0.15, 0.2) is 6.61 Å². The highest BCUT2D eigenvalue weighted by Gasteiger charge is 2.21. The summed E-state index contributed by atoms with van der Waals surface area (Å²) in [6.45, 7) is 4.45. The molecular formula is C24H30N4O3. The molecule has 7 heteroatoms. The van der Waals surface area contributed by atoms with Crippen LogP contribution in [0.4, 0.5) is 5.95 Å². The van der Waals surface area contributed by atoms with E-state index >= 15 is 0 Å². The number of anilines is 1. The fourth-order valence-corrected chi connectivity index (χ4v) is 4.09. The predicted octanol–water partition coefficient (Wildman–Crippen LogP) is 4.45. The molecule has 2 aromatic rings. The highest BCUT2D eigenvalue weighted by Crippen LogP contribution is 2.32. The van der Waals surface area contributed by atoms with E-state index in [9.17, 15) is 0 Å². The standard InChI is InChI=1S/C24H30N4O3/c1-17-2-6-20(7-3-17)27-24-26-14-22(19-4-8-21(9-5-19)30-13-11-25)23(28-24)31-16-18-10-12-29-15-18/h4-5,8-9,14,17-18,20H,2-3,6-7,10,12-13,15-16H2,1H3,(H,26,27,28). The number of hydrogen-bond donors (Lipinski definition) is 1. The fourth-order valence-electron chi connectivity index (χ4n) is 4.09. The normalized spacial score (nSPS) is 23.2. The summed E-state index contributed by atoms with van der Waals surface area (Å²) in [5, 5.41) is 12.2. The Balaban J connectivity index is 1.51. The Morgan fingerprint density at radius 3 is 2.65 bits per heavy atom. The zero-order valence-electron chi connectivity index (χ0n) is 18.0. The lowest BCUT2D eigenvalue weighted by Gasteiger charge is -2.27. The van der Waals surface area contributed by atoms with Crippen molar-refractivity contribution in [3.8, 4) is 28.8 Å². The topological polar surface area (TPSA) is 89.3 Å². The van der Waals surface area contributed by atoms with Crippen LogP contribution >= 0.6 is 0 Å². The molecule has 1 atom stereocenters. The first-order valence-corrected chi connectivity index (χ1v) is 11.2. The van der Waals surface area contributed by atoms with Gasteiger partial charge in [0, 0.05) is 24.8 Å². The van der Waals surface area contributed by atoms with Crippen LogP contribution in [0.15, 0.2) is 30.5 Å². The van der Waals surface area contributed by atoms with Crippen molar-refractivity contribution in [3.05, 3.63) is 30.5 Å². The number of hydrogen-bond acceptors (Lipinski definition) is 7. The maximum atomic E-state index is 8.68. The second kappa shape index (κ2) is 10.5. The summed E-state index contributed by atoms with van der Waals surface area (Å²) in [5.41, 5.74) is 1.79. The summed E-state index contributed by atoms with van der Waals surface area (Å²) in [5.74, 6) is 3.05. The highest BCUT2D eigenvalue weighted by molar-refractivity contribution is 5.69. The molecule has 7 nitrogen and oxygen atoms in total. The fraction of sp³-hybridized carbons (Fsp3) is 0.542. The average molecular weight is 423 g/mol. The molecule has 1 saturated carbocycles. The smallest absolute Gasteiger partial charge is 0.226 e. The number of aromatic nitrogens is 2. The molecule has 0 bridgehead atoms. The van der Waals surface area contributed by atoms with Gasteiger partial charge in [-0.25, -0.2) is 4.98 Å². The summed E-state index contributed by atoms with van der Waals surface area (Å²) < 4.78 is 17.0. The van der Waals surface area contributed by atoms with Crippen molar-refractivity contribution in [3.63, 3.8) is 0 Å². The van der Waals surface area contributed by atoms with Crippen molar-refractivity contribution < 1.29 is 14.2 Å². The zero-order chi connectivity index (χ0) is 21.5. The number of nitrogens with one attached hydrogen (secondary N) is 1. The van der Waals surface area contributed by atoms with E-state index < -0.39 is 0 Å². The molecule has 0 spiro atoms. The first kappa shape index (κ1) is 21.4. The van der Waals surface area contributed by atoms with Crippen molar-refractivity contribution in [1.82, 2.24) is 9.97 Å². The van der Waals surface area contributed by atoms with Crippen LogP contribution in [0, 0.1) is 23.2 Å². The Labute approximate surface area is 183 Å². The third kappa shape index (κ3) is 5.86. The molecule has 0 radical (unpaired) electrons. The average Bonchev–Trinajstić information content (AvgIpc) is 3.32.